The van der Waals surface area contributed by atoms with Gasteiger partial charge in [-0.1, -0.05) is 50.5 Å². The average Bonchev–Trinajstić information content (AvgIpc) is 2.50. The maximum atomic E-state index is 12.7. The Hall–Kier alpha value is -1.42. The number of Topliss-reactive ketones (excluding diaryl/α,β-unsaturated/α-hetero) is 1. The van der Waals surface area contributed by atoms with Crippen molar-refractivity contribution in [3.8, 4) is 0 Å². The molecular weight excluding hydrogens is 284 g/mol. The number of sulfone groups is 1. The Morgan fingerprint density at radius 3 is 2.48 bits per heavy atom. The van der Waals surface area contributed by atoms with Crippen LogP contribution in [0, 0.1) is 0 Å². The molecule has 0 N–H and O–H groups in total. The molecule has 1 aromatic carbocycles. The molecule has 0 aliphatic rings. The summed E-state index contributed by atoms with van der Waals surface area (Å²) in [6.45, 7) is 5.64. The Bertz CT molecular complexity index is 547. The minimum atomic E-state index is -3.60. The third kappa shape index (κ3) is 5.12. The number of unbranched alkanes of at least 4 members (excludes halogenated alkanes) is 2. The van der Waals surface area contributed by atoms with Crippen LogP contribution in [0.5, 0.6) is 0 Å². The fourth-order valence-corrected chi connectivity index (χ4v) is 4.05. The van der Waals surface area contributed by atoms with Gasteiger partial charge in [-0.15, -0.1) is 6.58 Å². The second-order valence-electron chi connectivity index (χ2n) is 5.14. The van der Waals surface area contributed by atoms with E-state index in [4.69, 9.17) is 0 Å². The fourth-order valence-electron chi connectivity index (χ4n) is 2.25. The molecule has 4 heteroatoms. The van der Waals surface area contributed by atoms with Gasteiger partial charge in [0.2, 0.25) is 0 Å². The van der Waals surface area contributed by atoms with E-state index in [9.17, 15) is 13.2 Å². The quantitative estimate of drug-likeness (QED) is 0.486. The van der Waals surface area contributed by atoms with E-state index in [-0.39, 0.29) is 17.1 Å². The molecule has 0 aliphatic heterocycles. The van der Waals surface area contributed by atoms with Crippen molar-refractivity contribution >= 4 is 15.6 Å². The maximum absolute atomic E-state index is 12.7. The first-order valence-electron chi connectivity index (χ1n) is 7.46. The van der Waals surface area contributed by atoms with E-state index in [1.54, 1.807) is 36.4 Å². The normalized spacial score (nSPS) is 12.8. The molecule has 0 aliphatic carbocycles. The molecule has 0 saturated carbocycles. The highest BCUT2D eigenvalue weighted by Gasteiger charge is 2.32. The van der Waals surface area contributed by atoms with E-state index in [0.717, 1.165) is 19.3 Å². The second kappa shape index (κ2) is 8.78. The molecule has 1 aromatic rings. The van der Waals surface area contributed by atoms with Crippen LogP contribution in [-0.4, -0.2) is 19.5 Å². The smallest absolute Gasteiger partial charge is 0.188 e. The second-order valence-corrected chi connectivity index (χ2v) is 7.27. The van der Waals surface area contributed by atoms with Gasteiger partial charge in [0.15, 0.2) is 15.6 Å². The highest BCUT2D eigenvalue weighted by atomic mass is 32.2. The van der Waals surface area contributed by atoms with Crippen molar-refractivity contribution in [2.75, 3.05) is 0 Å². The van der Waals surface area contributed by atoms with Crippen LogP contribution in [0.2, 0.25) is 0 Å². The lowest BCUT2D eigenvalue weighted by Gasteiger charge is -2.16. The average molecular weight is 308 g/mol. The molecule has 3 nitrogen and oxygen atoms in total. The number of carbonyl (C=O) groups is 1. The van der Waals surface area contributed by atoms with Crippen LogP contribution in [0.25, 0.3) is 0 Å². The molecule has 0 amide bonds. The van der Waals surface area contributed by atoms with Crippen LogP contribution >= 0.6 is 0 Å². The van der Waals surface area contributed by atoms with Crippen molar-refractivity contribution in [2.24, 2.45) is 0 Å². The van der Waals surface area contributed by atoms with Crippen molar-refractivity contribution in [1.29, 1.82) is 0 Å². The molecule has 1 atom stereocenters. The Morgan fingerprint density at radius 2 is 1.90 bits per heavy atom. The van der Waals surface area contributed by atoms with Crippen LogP contribution in [0.3, 0.4) is 0 Å². The number of hydrogen-bond acceptors (Lipinski definition) is 3. The number of allylic oxidation sites excluding steroid dienone is 1. The van der Waals surface area contributed by atoms with Gasteiger partial charge in [0.05, 0.1) is 4.90 Å². The van der Waals surface area contributed by atoms with Crippen LogP contribution in [0.15, 0.2) is 47.9 Å². The van der Waals surface area contributed by atoms with Crippen molar-refractivity contribution in [2.45, 2.75) is 55.6 Å². The third-order valence-corrected chi connectivity index (χ3v) is 5.65. The van der Waals surface area contributed by atoms with Crippen molar-refractivity contribution in [3.63, 3.8) is 0 Å². The Balaban J connectivity index is 2.98. The van der Waals surface area contributed by atoms with Gasteiger partial charge in [-0.05, 0) is 25.0 Å². The van der Waals surface area contributed by atoms with E-state index < -0.39 is 15.1 Å². The van der Waals surface area contributed by atoms with Crippen molar-refractivity contribution < 1.29 is 13.2 Å². The lowest BCUT2D eigenvalue weighted by molar-refractivity contribution is -0.118. The van der Waals surface area contributed by atoms with Gasteiger partial charge in [0.25, 0.3) is 0 Å². The van der Waals surface area contributed by atoms with Crippen molar-refractivity contribution in [1.82, 2.24) is 0 Å². The zero-order valence-corrected chi connectivity index (χ0v) is 13.4. The summed E-state index contributed by atoms with van der Waals surface area (Å²) in [5.74, 6) is -0.199. The Morgan fingerprint density at radius 1 is 1.24 bits per heavy atom. The van der Waals surface area contributed by atoms with Crippen LogP contribution in [0.4, 0.5) is 0 Å². The molecule has 0 fully saturated rings. The minimum Gasteiger partial charge on any atom is -0.298 e. The standard InChI is InChI=1S/C17H24O3S/c1-3-5-8-14-17(16(18)13-6-4-2)21(19,20)15-11-9-7-10-12-15/h4,7,9-12,17H,2-3,5-6,8,13-14H2,1H3. The summed E-state index contributed by atoms with van der Waals surface area (Å²) in [6, 6.07) is 8.25. The van der Waals surface area contributed by atoms with Gasteiger partial charge in [-0.2, -0.15) is 0 Å². The van der Waals surface area contributed by atoms with Crippen LogP contribution in [0.1, 0.15) is 45.4 Å². The van der Waals surface area contributed by atoms with Crippen LogP contribution < -0.4 is 0 Å². The molecule has 21 heavy (non-hydrogen) atoms. The fraction of sp³-hybridized carbons (Fsp3) is 0.471. The number of benzene rings is 1. The first kappa shape index (κ1) is 17.6. The maximum Gasteiger partial charge on any atom is 0.188 e. The molecular formula is C17H24O3S. The van der Waals surface area contributed by atoms with Crippen LogP contribution in [-0.2, 0) is 14.6 Å². The molecule has 0 spiro atoms. The third-order valence-electron chi connectivity index (χ3n) is 3.47. The van der Waals surface area contributed by atoms with E-state index >= 15 is 0 Å². The topological polar surface area (TPSA) is 51.2 Å². The van der Waals surface area contributed by atoms with Gasteiger partial charge in [-0.3, -0.25) is 4.79 Å². The SMILES string of the molecule is C=CCCC(=O)C(CCCCC)S(=O)(=O)c1ccccc1. The summed E-state index contributed by atoms with van der Waals surface area (Å²) >= 11 is 0. The molecule has 1 unspecified atom stereocenters. The zero-order valence-electron chi connectivity index (χ0n) is 12.6. The summed E-state index contributed by atoms with van der Waals surface area (Å²) in [5.41, 5.74) is 0. The van der Waals surface area contributed by atoms with Gasteiger partial charge in [0, 0.05) is 6.42 Å². The number of ketones is 1. The molecule has 116 valence electrons. The highest BCUT2D eigenvalue weighted by Crippen LogP contribution is 2.22. The van der Waals surface area contributed by atoms with Crippen molar-refractivity contribution in [3.05, 3.63) is 43.0 Å². The van der Waals surface area contributed by atoms with E-state index in [0.29, 0.717) is 12.8 Å². The first-order valence-corrected chi connectivity index (χ1v) is 9.01. The molecule has 1 rings (SSSR count). The lowest BCUT2D eigenvalue weighted by Crippen LogP contribution is -2.30. The van der Waals surface area contributed by atoms with E-state index in [2.05, 4.69) is 13.5 Å². The largest absolute Gasteiger partial charge is 0.298 e. The highest BCUT2D eigenvalue weighted by molar-refractivity contribution is 7.92. The first-order chi connectivity index (χ1) is 10.0. The summed E-state index contributed by atoms with van der Waals surface area (Å²) in [7, 11) is -3.60. The predicted molar refractivity (Wildman–Crippen MR) is 86.0 cm³/mol. The molecule has 0 heterocycles. The van der Waals surface area contributed by atoms with E-state index in [1.807, 2.05) is 0 Å². The predicted octanol–water partition coefficient (Wildman–Crippen LogP) is 3.94. The summed E-state index contributed by atoms with van der Waals surface area (Å²) in [6.07, 6.45) is 5.51. The Kier molecular flexibility index (Phi) is 7.37. The van der Waals surface area contributed by atoms with Gasteiger partial charge in [-0.25, -0.2) is 8.42 Å². The van der Waals surface area contributed by atoms with Gasteiger partial charge < -0.3 is 0 Å². The molecule has 0 saturated heterocycles. The lowest BCUT2D eigenvalue weighted by atomic mass is 10.1. The summed E-state index contributed by atoms with van der Waals surface area (Å²) in [4.78, 5) is 12.5. The molecule has 0 aromatic heterocycles. The number of carbonyl (C=O) groups excluding carboxylic acids is 1. The van der Waals surface area contributed by atoms with E-state index in [1.165, 1.54) is 0 Å². The molecule has 0 bridgehead atoms. The molecule has 0 radical (unpaired) electrons. The monoisotopic (exact) mass is 308 g/mol. The van der Waals surface area contributed by atoms with Gasteiger partial charge >= 0.3 is 0 Å². The van der Waals surface area contributed by atoms with Gasteiger partial charge in [0.1, 0.15) is 5.25 Å². The zero-order chi connectivity index (χ0) is 15.7. The number of rotatable bonds is 10. The Labute approximate surface area is 128 Å². The minimum absolute atomic E-state index is 0.199. The summed E-state index contributed by atoms with van der Waals surface area (Å²) < 4.78 is 25.4. The number of hydrogen-bond donors (Lipinski definition) is 0. The summed E-state index contributed by atoms with van der Waals surface area (Å²) in [5, 5.41) is -0.925.